The Morgan fingerprint density at radius 1 is 1.41 bits per heavy atom. The zero-order chi connectivity index (χ0) is 15.5. The molecule has 1 aliphatic carbocycles. The molecular weight excluding hydrogens is 314 g/mol. The number of aryl methyl sites for hydroxylation is 2. The highest BCUT2D eigenvalue weighted by Gasteiger charge is 2.21. The molecule has 0 saturated heterocycles. The lowest BCUT2D eigenvalue weighted by Gasteiger charge is -2.07. The molecule has 0 unspecified atom stereocenters. The number of amides is 1. The van der Waals surface area contributed by atoms with Gasteiger partial charge in [0, 0.05) is 16.8 Å². The van der Waals surface area contributed by atoms with Crippen molar-refractivity contribution in [3.63, 3.8) is 0 Å². The van der Waals surface area contributed by atoms with Crippen LogP contribution in [0.3, 0.4) is 0 Å². The average molecular weight is 335 g/mol. The van der Waals surface area contributed by atoms with Crippen molar-refractivity contribution in [3.8, 4) is 0 Å². The molecule has 0 atom stereocenters. The maximum absolute atomic E-state index is 11.9. The molecule has 0 bridgehead atoms. The standard InChI is InChI=1S/C16H21N3OS2/c1-10(2)6-7-17-13(20)8-21-15-14-11-4-3-5-12(11)22-16(14)19-9-18-15/h9-10H,3-8H2,1-2H3,(H,17,20). The predicted octanol–water partition coefficient (Wildman–Crippen LogP) is 3.43. The summed E-state index contributed by atoms with van der Waals surface area (Å²) in [6, 6.07) is 0. The molecule has 3 rings (SSSR count). The third-order valence-corrected chi connectivity index (χ3v) is 6.04. The van der Waals surface area contributed by atoms with Gasteiger partial charge in [-0.1, -0.05) is 25.6 Å². The van der Waals surface area contributed by atoms with Crippen LogP contribution in [0.15, 0.2) is 11.4 Å². The smallest absolute Gasteiger partial charge is 0.230 e. The second-order valence-electron chi connectivity index (χ2n) is 6.04. The molecule has 118 valence electrons. The first-order chi connectivity index (χ1) is 10.6. The molecule has 1 aliphatic rings. The number of rotatable bonds is 6. The van der Waals surface area contributed by atoms with Gasteiger partial charge >= 0.3 is 0 Å². The van der Waals surface area contributed by atoms with Gasteiger partial charge in [-0.25, -0.2) is 9.97 Å². The van der Waals surface area contributed by atoms with Crippen molar-refractivity contribution in [1.82, 2.24) is 15.3 Å². The topological polar surface area (TPSA) is 54.9 Å². The summed E-state index contributed by atoms with van der Waals surface area (Å²) in [6.45, 7) is 5.08. The van der Waals surface area contributed by atoms with Crippen LogP contribution in [0.5, 0.6) is 0 Å². The molecule has 2 aromatic heterocycles. The number of thioether (sulfide) groups is 1. The average Bonchev–Trinajstić information content (AvgIpc) is 3.05. The molecule has 2 heterocycles. The van der Waals surface area contributed by atoms with Crippen LogP contribution in [-0.4, -0.2) is 28.2 Å². The van der Waals surface area contributed by atoms with Crippen LogP contribution < -0.4 is 5.32 Å². The van der Waals surface area contributed by atoms with Gasteiger partial charge in [0.25, 0.3) is 0 Å². The molecule has 0 aliphatic heterocycles. The molecule has 0 fully saturated rings. The van der Waals surface area contributed by atoms with Crippen LogP contribution in [0.1, 0.15) is 37.1 Å². The fourth-order valence-corrected chi connectivity index (χ4v) is 4.84. The lowest BCUT2D eigenvalue weighted by atomic mass is 10.1. The minimum atomic E-state index is 0.0873. The minimum absolute atomic E-state index is 0.0873. The largest absolute Gasteiger partial charge is 0.355 e. The minimum Gasteiger partial charge on any atom is -0.355 e. The summed E-state index contributed by atoms with van der Waals surface area (Å²) in [5, 5.41) is 5.13. The van der Waals surface area contributed by atoms with Crippen molar-refractivity contribution < 1.29 is 4.79 Å². The summed E-state index contributed by atoms with van der Waals surface area (Å²) in [5.41, 5.74) is 1.42. The molecule has 1 amide bonds. The molecule has 0 spiro atoms. The van der Waals surface area contributed by atoms with Crippen LogP contribution in [0.4, 0.5) is 0 Å². The van der Waals surface area contributed by atoms with Gasteiger partial charge in [-0.3, -0.25) is 4.79 Å². The normalized spacial score (nSPS) is 13.8. The Balaban J connectivity index is 1.66. The van der Waals surface area contributed by atoms with Gasteiger partial charge in [-0.2, -0.15) is 0 Å². The van der Waals surface area contributed by atoms with Gasteiger partial charge in [0.2, 0.25) is 5.91 Å². The van der Waals surface area contributed by atoms with E-state index in [0.29, 0.717) is 11.7 Å². The molecular formula is C16H21N3OS2. The summed E-state index contributed by atoms with van der Waals surface area (Å²) < 4.78 is 0. The van der Waals surface area contributed by atoms with Crippen molar-refractivity contribution in [1.29, 1.82) is 0 Å². The van der Waals surface area contributed by atoms with Crippen LogP contribution in [0.2, 0.25) is 0 Å². The number of aromatic nitrogens is 2. The SMILES string of the molecule is CC(C)CCNC(=O)CSc1ncnc2sc3c(c12)CCC3. The highest BCUT2D eigenvalue weighted by atomic mass is 32.2. The maximum Gasteiger partial charge on any atom is 0.230 e. The van der Waals surface area contributed by atoms with Gasteiger partial charge in [0.05, 0.1) is 5.75 Å². The first kappa shape index (κ1) is 15.7. The predicted molar refractivity (Wildman–Crippen MR) is 92.6 cm³/mol. The number of hydrogen-bond acceptors (Lipinski definition) is 5. The zero-order valence-corrected chi connectivity index (χ0v) is 14.6. The number of nitrogens with one attached hydrogen (secondary N) is 1. The number of thiophene rings is 1. The third-order valence-electron chi connectivity index (χ3n) is 3.85. The van der Waals surface area contributed by atoms with Gasteiger partial charge in [0.15, 0.2) is 0 Å². The molecule has 1 N–H and O–H groups in total. The van der Waals surface area contributed by atoms with E-state index in [1.54, 1.807) is 17.7 Å². The fourth-order valence-electron chi connectivity index (χ4n) is 2.69. The van der Waals surface area contributed by atoms with Crippen molar-refractivity contribution in [2.24, 2.45) is 5.92 Å². The highest BCUT2D eigenvalue weighted by Crippen LogP contribution is 2.39. The number of nitrogens with zero attached hydrogens (tertiary/aromatic N) is 2. The van der Waals surface area contributed by atoms with E-state index in [0.717, 1.165) is 35.7 Å². The zero-order valence-electron chi connectivity index (χ0n) is 13.0. The molecule has 4 nitrogen and oxygen atoms in total. The Kier molecular flexibility index (Phi) is 4.98. The van der Waals surface area contributed by atoms with Crippen molar-refractivity contribution >= 4 is 39.2 Å². The number of fused-ring (bicyclic) bond motifs is 3. The van der Waals surface area contributed by atoms with Crippen molar-refractivity contribution in [2.45, 2.75) is 44.6 Å². The van der Waals surface area contributed by atoms with E-state index in [9.17, 15) is 4.79 Å². The van der Waals surface area contributed by atoms with Gasteiger partial charge in [-0.15, -0.1) is 11.3 Å². The molecule has 2 aromatic rings. The van der Waals surface area contributed by atoms with E-state index in [1.807, 2.05) is 0 Å². The number of hydrogen-bond donors (Lipinski definition) is 1. The number of carbonyl (C=O) groups is 1. The van der Waals surface area contributed by atoms with Crippen LogP contribution in [0.25, 0.3) is 10.2 Å². The van der Waals surface area contributed by atoms with E-state index in [1.165, 1.54) is 34.0 Å². The van der Waals surface area contributed by atoms with Crippen molar-refractivity contribution in [2.75, 3.05) is 12.3 Å². The Hall–Kier alpha value is -1.14. The Labute approximate surface area is 139 Å². The van der Waals surface area contributed by atoms with Gasteiger partial charge in [0.1, 0.15) is 16.2 Å². The van der Waals surface area contributed by atoms with Gasteiger partial charge in [-0.05, 0) is 37.2 Å². The third kappa shape index (κ3) is 3.43. The van der Waals surface area contributed by atoms with Crippen molar-refractivity contribution in [3.05, 3.63) is 16.8 Å². The molecule has 6 heteroatoms. The summed E-state index contributed by atoms with van der Waals surface area (Å²) in [7, 11) is 0. The van der Waals surface area contributed by atoms with E-state index in [2.05, 4.69) is 29.1 Å². The Morgan fingerprint density at radius 3 is 3.09 bits per heavy atom. The fraction of sp³-hybridized carbons (Fsp3) is 0.562. The highest BCUT2D eigenvalue weighted by molar-refractivity contribution is 8.00. The molecule has 22 heavy (non-hydrogen) atoms. The summed E-state index contributed by atoms with van der Waals surface area (Å²) in [6.07, 6.45) is 6.15. The Morgan fingerprint density at radius 2 is 2.27 bits per heavy atom. The van der Waals surface area contributed by atoms with E-state index in [4.69, 9.17) is 0 Å². The summed E-state index contributed by atoms with van der Waals surface area (Å²) in [4.78, 5) is 23.3. The number of carbonyl (C=O) groups excluding carboxylic acids is 1. The lowest BCUT2D eigenvalue weighted by Crippen LogP contribution is -2.26. The van der Waals surface area contributed by atoms with E-state index < -0.39 is 0 Å². The quantitative estimate of drug-likeness (QED) is 0.649. The second kappa shape index (κ2) is 6.96. The molecule has 0 aromatic carbocycles. The maximum atomic E-state index is 11.9. The monoisotopic (exact) mass is 335 g/mol. The van der Waals surface area contributed by atoms with E-state index >= 15 is 0 Å². The summed E-state index contributed by atoms with van der Waals surface area (Å²) >= 11 is 3.32. The van der Waals surface area contributed by atoms with E-state index in [-0.39, 0.29) is 5.91 Å². The van der Waals surface area contributed by atoms with Crippen LogP contribution >= 0.6 is 23.1 Å². The second-order valence-corrected chi connectivity index (χ2v) is 8.09. The molecule has 0 radical (unpaired) electrons. The summed E-state index contributed by atoms with van der Waals surface area (Å²) in [5.74, 6) is 1.13. The lowest BCUT2D eigenvalue weighted by molar-refractivity contribution is -0.118. The Bertz CT molecular complexity index is 681. The van der Waals surface area contributed by atoms with Crippen LogP contribution in [0, 0.1) is 5.92 Å². The van der Waals surface area contributed by atoms with Gasteiger partial charge < -0.3 is 5.32 Å². The molecule has 0 saturated carbocycles. The first-order valence-electron chi connectivity index (χ1n) is 7.80. The van der Waals surface area contributed by atoms with Crippen LogP contribution in [-0.2, 0) is 17.6 Å². The first-order valence-corrected chi connectivity index (χ1v) is 9.60.